The number of methoxy groups -OCH3 is 1. The van der Waals surface area contributed by atoms with Crippen LogP contribution in [0.25, 0.3) is 0 Å². The second-order valence-electron chi connectivity index (χ2n) is 4.66. The van der Waals surface area contributed by atoms with E-state index < -0.39 is 0 Å². The van der Waals surface area contributed by atoms with Crippen LogP contribution in [0.15, 0.2) is 6.07 Å². The van der Waals surface area contributed by atoms with Gasteiger partial charge in [-0.05, 0) is 13.8 Å². The largest absolute Gasteiger partial charge is 0.384 e. The van der Waals surface area contributed by atoms with E-state index in [1.807, 2.05) is 0 Å². The first-order chi connectivity index (χ1) is 8.58. The molecular formula is C12H20N4O2. The first-order valence-electron chi connectivity index (χ1n) is 6.11. The van der Waals surface area contributed by atoms with E-state index >= 15 is 0 Å². The van der Waals surface area contributed by atoms with E-state index in [2.05, 4.69) is 28.7 Å². The number of hydrogen-bond donors (Lipinski definition) is 1. The molecule has 2 heterocycles. The Morgan fingerprint density at radius 1 is 1.39 bits per heavy atom. The predicted molar refractivity (Wildman–Crippen MR) is 69.4 cm³/mol. The molecule has 100 valence electrons. The van der Waals surface area contributed by atoms with Gasteiger partial charge in [0.2, 0.25) is 0 Å². The zero-order chi connectivity index (χ0) is 13.1. The molecule has 1 aromatic heterocycles. The second-order valence-corrected chi connectivity index (χ2v) is 4.66. The Kier molecular flexibility index (Phi) is 3.98. The second kappa shape index (κ2) is 5.49. The Balaban J connectivity index is 2.21. The average molecular weight is 252 g/mol. The fraction of sp³-hybridized carbons (Fsp3) is 0.667. The van der Waals surface area contributed by atoms with E-state index in [9.17, 15) is 0 Å². The van der Waals surface area contributed by atoms with E-state index in [0.29, 0.717) is 18.2 Å². The van der Waals surface area contributed by atoms with E-state index in [-0.39, 0.29) is 12.2 Å². The minimum absolute atomic E-state index is 0.191. The van der Waals surface area contributed by atoms with Gasteiger partial charge in [0.15, 0.2) is 5.82 Å². The highest BCUT2D eigenvalue weighted by molar-refractivity contribution is 5.47. The van der Waals surface area contributed by atoms with Gasteiger partial charge >= 0.3 is 0 Å². The number of rotatable bonds is 3. The highest BCUT2D eigenvalue weighted by Crippen LogP contribution is 2.20. The molecule has 0 bridgehead atoms. The van der Waals surface area contributed by atoms with Crippen LogP contribution < -0.4 is 10.6 Å². The van der Waals surface area contributed by atoms with Crippen molar-refractivity contribution in [2.75, 3.05) is 30.8 Å². The first kappa shape index (κ1) is 13.0. The molecule has 0 aliphatic carbocycles. The van der Waals surface area contributed by atoms with Crippen molar-refractivity contribution < 1.29 is 9.47 Å². The van der Waals surface area contributed by atoms with Crippen LogP contribution in [-0.2, 0) is 16.1 Å². The Morgan fingerprint density at radius 3 is 2.67 bits per heavy atom. The zero-order valence-electron chi connectivity index (χ0n) is 11.1. The van der Waals surface area contributed by atoms with Gasteiger partial charge in [0, 0.05) is 26.3 Å². The number of ether oxygens (including phenoxy) is 2. The maximum atomic E-state index is 5.80. The van der Waals surface area contributed by atoms with Crippen molar-refractivity contribution in [1.29, 1.82) is 0 Å². The summed E-state index contributed by atoms with van der Waals surface area (Å²) in [4.78, 5) is 10.8. The summed E-state index contributed by atoms with van der Waals surface area (Å²) in [5, 5.41) is 0. The van der Waals surface area contributed by atoms with Gasteiger partial charge in [-0.25, -0.2) is 9.97 Å². The Hall–Kier alpha value is -1.40. The zero-order valence-corrected chi connectivity index (χ0v) is 11.1. The Morgan fingerprint density at radius 2 is 2.06 bits per heavy atom. The van der Waals surface area contributed by atoms with Crippen LogP contribution in [0.3, 0.4) is 0 Å². The minimum Gasteiger partial charge on any atom is -0.384 e. The van der Waals surface area contributed by atoms with E-state index in [1.54, 1.807) is 13.2 Å². The molecule has 18 heavy (non-hydrogen) atoms. The fourth-order valence-electron chi connectivity index (χ4n) is 2.22. The van der Waals surface area contributed by atoms with Crippen LogP contribution in [0.4, 0.5) is 11.6 Å². The molecule has 2 rings (SSSR count). The van der Waals surface area contributed by atoms with Gasteiger partial charge in [-0.3, -0.25) is 0 Å². The topological polar surface area (TPSA) is 73.5 Å². The monoisotopic (exact) mass is 252 g/mol. The molecule has 1 aromatic rings. The third-order valence-corrected chi connectivity index (χ3v) is 2.80. The van der Waals surface area contributed by atoms with Crippen LogP contribution in [0, 0.1) is 0 Å². The van der Waals surface area contributed by atoms with Gasteiger partial charge < -0.3 is 20.1 Å². The Bertz CT molecular complexity index is 403. The summed E-state index contributed by atoms with van der Waals surface area (Å²) in [5.41, 5.74) is 5.80. The lowest BCUT2D eigenvalue weighted by atomic mass is 10.2. The quantitative estimate of drug-likeness (QED) is 0.858. The number of aromatic nitrogens is 2. The summed E-state index contributed by atoms with van der Waals surface area (Å²) in [5.74, 6) is 1.93. The predicted octanol–water partition coefficient (Wildman–Crippen LogP) is 0.819. The van der Waals surface area contributed by atoms with Gasteiger partial charge in [-0.2, -0.15) is 0 Å². The third kappa shape index (κ3) is 3.08. The molecule has 2 atom stereocenters. The molecule has 1 aliphatic heterocycles. The van der Waals surface area contributed by atoms with Gasteiger partial charge in [-0.1, -0.05) is 0 Å². The van der Waals surface area contributed by atoms with E-state index in [4.69, 9.17) is 15.2 Å². The summed E-state index contributed by atoms with van der Waals surface area (Å²) in [6.45, 7) is 6.11. The number of morpholine rings is 1. The average Bonchev–Trinajstić information content (AvgIpc) is 2.27. The number of anilines is 2. The summed E-state index contributed by atoms with van der Waals surface area (Å²) in [7, 11) is 1.62. The summed E-state index contributed by atoms with van der Waals surface area (Å²) < 4.78 is 10.7. The van der Waals surface area contributed by atoms with Crippen molar-refractivity contribution in [2.24, 2.45) is 0 Å². The van der Waals surface area contributed by atoms with Crippen molar-refractivity contribution in [2.45, 2.75) is 32.7 Å². The molecule has 0 aromatic carbocycles. The van der Waals surface area contributed by atoms with Crippen LogP contribution >= 0.6 is 0 Å². The molecule has 1 fully saturated rings. The van der Waals surface area contributed by atoms with Crippen LogP contribution in [-0.4, -0.2) is 42.4 Å². The highest BCUT2D eigenvalue weighted by Gasteiger charge is 2.23. The van der Waals surface area contributed by atoms with Crippen molar-refractivity contribution in [3.63, 3.8) is 0 Å². The van der Waals surface area contributed by atoms with Gasteiger partial charge in [-0.15, -0.1) is 0 Å². The number of hydrogen-bond acceptors (Lipinski definition) is 6. The van der Waals surface area contributed by atoms with E-state index in [0.717, 1.165) is 18.9 Å². The van der Waals surface area contributed by atoms with E-state index in [1.165, 1.54) is 0 Å². The lowest BCUT2D eigenvalue weighted by molar-refractivity contribution is -0.00549. The van der Waals surface area contributed by atoms with Crippen LogP contribution in [0.5, 0.6) is 0 Å². The molecule has 0 spiro atoms. The molecule has 1 saturated heterocycles. The Labute approximate surface area is 107 Å². The summed E-state index contributed by atoms with van der Waals surface area (Å²) in [6, 6.07) is 1.80. The molecule has 2 unspecified atom stereocenters. The standard InChI is InChI=1S/C12H20N4O2/c1-8-5-16(6-9(2)18-8)12-4-10(13)14-11(15-12)7-17-3/h4,8-9H,5-7H2,1-3H3,(H2,13,14,15). The number of nitrogens with two attached hydrogens (primary N) is 1. The lowest BCUT2D eigenvalue weighted by Gasteiger charge is -2.36. The van der Waals surface area contributed by atoms with Gasteiger partial charge in [0.25, 0.3) is 0 Å². The summed E-state index contributed by atoms with van der Waals surface area (Å²) in [6.07, 6.45) is 0.381. The minimum atomic E-state index is 0.191. The molecule has 6 heteroatoms. The summed E-state index contributed by atoms with van der Waals surface area (Å²) >= 11 is 0. The highest BCUT2D eigenvalue weighted by atomic mass is 16.5. The number of nitrogen functional groups attached to an aromatic ring is 1. The van der Waals surface area contributed by atoms with Crippen LogP contribution in [0.2, 0.25) is 0 Å². The fourth-order valence-corrected chi connectivity index (χ4v) is 2.22. The molecule has 2 N–H and O–H groups in total. The molecule has 6 nitrogen and oxygen atoms in total. The first-order valence-corrected chi connectivity index (χ1v) is 6.11. The maximum absolute atomic E-state index is 5.80. The van der Waals surface area contributed by atoms with Crippen LogP contribution in [0.1, 0.15) is 19.7 Å². The molecular weight excluding hydrogens is 232 g/mol. The van der Waals surface area contributed by atoms with Gasteiger partial charge in [0.1, 0.15) is 18.2 Å². The van der Waals surface area contributed by atoms with Crippen molar-refractivity contribution in [3.05, 3.63) is 11.9 Å². The van der Waals surface area contributed by atoms with Crippen molar-refractivity contribution >= 4 is 11.6 Å². The third-order valence-electron chi connectivity index (χ3n) is 2.80. The molecule has 0 saturated carbocycles. The lowest BCUT2D eigenvalue weighted by Crippen LogP contribution is -2.46. The maximum Gasteiger partial charge on any atom is 0.158 e. The van der Waals surface area contributed by atoms with Crippen molar-refractivity contribution in [1.82, 2.24) is 9.97 Å². The molecule has 0 amide bonds. The SMILES string of the molecule is COCc1nc(N)cc(N2CC(C)OC(C)C2)n1. The molecule has 0 radical (unpaired) electrons. The number of nitrogens with zero attached hydrogens (tertiary/aromatic N) is 3. The normalized spacial score (nSPS) is 24.3. The van der Waals surface area contributed by atoms with Crippen molar-refractivity contribution in [3.8, 4) is 0 Å². The smallest absolute Gasteiger partial charge is 0.158 e. The molecule has 1 aliphatic rings. The van der Waals surface area contributed by atoms with Gasteiger partial charge in [0.05, 0.1) is 12.2 Å².